The number of pyridine rings is 1. The van der Waals surface area contributed by atoms with Gasteiger partial charge in [0.1, 0.15) is 0 Å². The number of rotatable bonds is 3. The minimum absolute atomic E-state index is 0.166. The maximum atomic E-state index is 4.75. The second-order valence-electron chi connectivity index (χ2n) is 6.54. The third kappa shape index (κ3) is 2.61. The minimum atomic E-state index is -0.166. The van der Waals surface area contributed by atoms with Crippen LogP contribution in [-0.4, -0.2) is 24.5 Å². The molecule has 5 heteroatoms. The zero-order valence-electron chi connectivity index (χ0n) is 14.9. The standard InChI is InChI=1S/C20H21N5/c1-13-11-15(3)24(22-13)20(25-16(4)12-14(2)23-25)18-9-5-7-17-8-6-10-21-19(17)18/h5-12,20H,1-4H3. The van der Waals surface area contributed by atoms with E-state index in [2.05, 4.69) is 55.2 Å². The van der Waals surface area contributed by atoms with Crippen molar-refractivity contribution in [2.75, 3.05) is 0 Å². The summed E-state index contributed by atoms with van der Waals surface area (Å²) in [5, 5.41) is 10.6. The number of aryl methyl sites for hydroxylation is 4. The van der Waals surface area contributed by atoms with Gasteiger partial charge < -0.3 is 0 Å². The molecule has 0 unspecified atom stereocenters. The highest BCUT2D eigenvalue weighted by molar-refractivity contribution is 5.82. The lowest BCUT2D eigenvalue weighted by Crippen LogP contribution is -2.24. The number of benzene rings is 1. The molecule has 0 bridgehead atoms. The van der Waals surface area contributed by atoms with Gasteiger partial charge >= 0.3 is 0 Å². The lowest BCUT2D eigenvalue weighted by Gasteiger charge is -2.23. The molecule has 0 amide bonds. The number of aromatic nitrogens is 5. The van der Waals surface area contributed by atoms with Crippen molar-refractivity contribution in [1.82, 2.24) is 24.5 Å². The highest BCUT2D eigenvalue weighted by Crippen LogP contribution is 2.29. The average Bonchev–Trinajstić information content (AvgIpc) is 3.09. The molecule has 0 radical (unpaired) electrons. The number of hydrogen-bond donors (Lipinski definition) is 0. The van der Waals surface area contributed by atoms with Crippen LogP contribution in [-0.2, 0) is 0 Å². The molecule has 0 aliphatic heterocycles. The van der Waals surface area contributed by atoms with E-state index in [1.807, 2.05) is 35.5 Å². The van der Waals surface area contributed by atoms with Gasteiger partial charge in [-0.1, -0.05) is 24.3 Å². The van der Waals surface area contributed by atoms with Crippen LogP contribution in [0.2, 0.25) is 0 Å². The second-order valence-corrected chi connectivity index (χ2v) is 6.54. The summed E-state index contributed by atoms with van der Waals surface area (Å²) in [7, 11) is 0. The van der Waals surface area contributed by atoms with Crippen LogP contribution < -0.4 is 0 Å². The van der Waals surface area contributed by atoms with Crippen LogP contribution in [0.15, 0.2) is 48.7 Å². The Bertz CT molecular complexity index is 1010. The van der Waals surface area contributed by atoms with Crippen LogP contribution in [0.5, 0.6) is 0 Å². The van der Waals surface area contributed by atoms with E-state index in [-0.39, 0.29) is 6.17 Å². The van der Waals surface area contributed by atoms with Gasteiger partial charge in [0.25, 0.3) is 0 Å². The van der Waals surface area contributed by atoms with Crippen LogP contribution >= 0.6 is 0 Å². The van der Waals surface area contributed by atoms with Crippen molar-refractivity contribution >= 4 is 10.9 Å². The Morgan fingerprint density at radius 3 is 1.96 bits per heavy atom. The lowest BCUT2D eigenvalue weighted by molar-refractivity contribution is 0.403. The molecule has 3 aromatic heterocycles. The summed E-state index contributed by atoms with van der Waals surface area (Å²) in [6.07, 6.45) is 1.67. The van der Waals surface area contributed by atoms with Gasteiger partial charge in [-0.05, 0) is 45.9 Å². The third-order valence-electron chi connectivity index (χ3n) is 4.49. The Morgan fingerprint density at radius 1 is 0.800 bits per heavy atom. The molecule has 0 aliphatic carbocycles. The maximum Gasteiger partial charge on any atom is 0.171 e. The van der Waals surface area contributed by atoms with Crippen molar-refractivity contribution in [3.63, 3.8) is 0 Å². The summed E-state index contributed by atoms with van der Waals surface area (Å²) in [4.78, 5) is 4.64. The largest absolute Gasteiger partial charge is 0.256 e. The zero-order chi connectivity index (χ0) is 17.6. The molecule has 0 saturated heterocycles. The fourth-order valence-electron chi connectivity index (χ4n) is 3.49. The van der Waals surface area contributed by atoms with Crippen molar-refractivity contribution < 1.29 is 0 Å². The molecule has 0 aliphatic rings. The summed E-state index contributed by atoms with van der Waals surface area (Å²) in [5.74, 6) is 0. The Balaban J connectivity index is 2.04. The Kier molecular flexibility index (Phi) is 3.64. The first-order valence-electron chi connectivity index (χ1n) is 8.44. The molecule has 1 aromatic carbocycles. The van der Waals surface area contributed by atoms with Gasteiger partial charge in [-0.3, -0.25) is 4.98 Å². The van der Waals surface area contributed by atoms with Crippen molar-refractivity contribution in [2.45, 2.75) is 33.9 Å². The van der Waals surface area contributed by atoms with E-state index < -0.39 is 0 Å². The van der Waals surface area contributed by atoms with Gasteiger partial charge in [-0.25, -0.2) is 9.36 Å². The average molecular weight is 331 g/mol. The number of nitrogens with zero attached hydrogens (tertiary/aromatic N) is 5. The summed E-state index contributed by atoms with van der Waals surface area (Å²) in [6, 6.07) is 14.5. The number of hydrogen-bond acceptors (Lipinski definition) is 3. The molecule has 126 valence electrons. The Hall–Kier alpha value is -2.95. The van der Waals surface area contributed by atoms with E-state index in [1.165, 1.54) is 0 Å². The highest BCUT2D eigenvalue weighted by atomic mass is 15.5. The first kappa shape index (κ1) is 15.6. The van der Waals surface area contributed by atoms with Gasteiger partial charge in [0.2, 0.25) is 0 Å². The van der Waals surface area contributed by atoms with Crippen LogP contribution in [0.4, 0.5) is 0 Å². The predicted molar refractivity (Wildman–Crippen MR) is 98.7 cm³/mol. The smallest absolute Gasteiger partial charge is 0.171 e. The van der Waals surface area contributed by atoms with Crippen LogP contribution in [0.25, 0.3) is 10.9 Å². The molecule has 0 fully saturated rings. The fraction of sp³-hybridized carbons (Fsp3) is 0.250. The molecule has 0 spiro atoms. The van der Waals surface area contributed by atoms with Gasteiger partial charge in [0.05, 0.1) is 16.9 Å². The van der Waals surface area contributed by atoms with Crippen LogP contribution in [0.3, 0.4) is 0 Å². The van der Waals surface area contributed by atoms with Crippen LogP contribution in [0, 0.1) is 27.7 Å². The SMILES string of the molecule is Cc1cc(C)n(C(c2cccc3cccnc23)n2nc(C)cc2C)n1. The van der Waals surface area contributed by atoms with Gasteiger partial charge in [-0.2, -0.15) is 10.2 Å². The quantitative estimate of drug-likeness (QED) is 0.571. The molecule has 0 saturated carbocycles. The fourth-order valence-corrected chi connectivity index (χ4v) is 3.49. The Morgan fingerprint density at radius 2 is 1.40 bits per heavy atom. The van der Waals surface area contributed by atoms with Crippen molar-refractivity contribution in [2.24, 2.45) is 0 Å². The number of para-hydroxylation sites is 1. The molecular weight excluding hydrogens is 310 g/mol. The Labute approximate surface area is 146 Å². The molecular formula is C20H21N5. The van der Waals surface area contributed by atoms with E-state index in [4.69, 9.17) is 10.2 Å². The van der Waals surface area contributed by atoms with E-state index in [1.54, 1.807) is 0 Å². The van der Waals surface area contributed by atoms with Gasteiger partial charge in [0.15, 0.2) is 6.17 Å². The molecule has 4 aromatic rings. The van der Waals surface area contributed by atoms with E-state index >= 15 is 0 Å². The highest BCUT2D eigenvalue weighted by Gasteiger charge is 2.24. The molecule has 5 nitrogen and oxygen atoms in total. The lowest BCUT2D eigenvalue weighted by atomic mass is 10.1. The van der Waals surface area contributed by atoms with Crippen molar-refractivity contribution in [1.29, 1.82) is 0 Å². The van der Waals surface area contributed by atoms with Crippen LogP contribution in [0.1, 0.15) is 34.5 Å². The van der Waals surface area contributed by atoms with Crippen molar-refractivity contribution in [3.8, 4) is 0 Å². The first-order valence-corrected chi connectivity index (χ1v) is 8.44. The van der Waals surface area contributed by atoms with Crippen molar-refractivity contribution in [3.05, 3.63) is 77.0 Å². The maximum absolute atomic E-state index is 4.75. The molecule has 3 heterocycles. The first-order chi connectivity index (χ1) is 12.0. The van der Waals surface area contributed by atoms with E-state index in [0.29, 0.717) is 0 Å². The summed E-state index contributed by atoms with van der Waals surface area (Å²) in [6.45, 7) is 8.20. The zero-order valence-corrected chi connectivity index (χ0v) is 14.9. The molecule has 25 heavy (non-hydrogen) atoms. The second kappa shape index (κ2) is 5.84. The topological polar surface area (TPSA) is 48.5 Å². The monoisotopic (exact) mass is 331 g/mol. The summed E-state index contributed by atoms with van der Waals surface area (Å²) >= 11 is 0. The van der Waals surface area contributed by atoms with Gasteiger partial charge in [0, 0.05) is 28.5 Å². The summed E-state index contributed by atoms with van der Waals surface area (Å²) in [5.41, 5.74) is 6.27. The van der Waals surface area contributed by atoms with Gasteiger partial charge in [-0.15, -0.1) is 0 Å². The molecule has 0 N–H and O–H groups in total. The summed E-state index contributed by atoms with van der Waals surface area (Å²) < 4.78 is 4.08. The van der Waals surface area contributed by atoms with E-state index in [0.717, 1.165) is 39.2 Å². The number of fused-ring (bicyclic) bond motifs is 1. The molecule has 4 rings (SSSR count). The minimum Gasteiger partial charge on any atom is -0.256 e. The predicted octanol–water partition coefficient (Wildman–Crippen LogP) is 3.96. The normalized spacial score (nSPS) is 11.6. The third-order valence-corrected chi connectivity index (χ3v) is 4.49. The molecule has 0 atom stereocenters. The van der Waals surface area contributed by atoms with E-state index in [9.17, 15) is 0 Å².